The molecule has 2 aromatic carbocycles. The first-order valence-electron chi connectivity index (χ1n) is 8.95. The summed E-state index contributed by atoms with van der Waals surface area (Å²) in [7, 11) is 0. The topological polar surface area (TPSA) is 49.3 Å². The molecule has 4 rings (SSSR count). The fraction of sp³-hybridized carbons (Fsp3) is 0.381. The average molecular weight is 400 g/mol. The third-order valence-corrected chi connectivity index (χ3v) is 6.92. The highest BCUT2D eigenvalue weighted by Gasteiger charge is 2.53. The molecule has 130 valence electrons. The summed E-state index contributed by atoms with van der Waals surface area (Å²) in [4.78, 5) is 13.4. The SMILES string of the molecule is Cc1ccc2c(c1Br)NC(=O)C2(c1ccc(O)cc1)C1CCCCC1. The van der Waals surface area contributed by atoms with E-state index in [0.717, 1.165) is 39.7 Å². The first-order valence-corrected chi connectivity index (χ1v) is 9.75. The van der Waals surface area contributed by atoms with Crippen LogP contribution < -0.4 is 5.32 Å². The highest BCUT2D eigenvalue weighted by molar-refractivity contribution is 9.10. The third kappa shape index (κ3) is 2.42. The molecule has 2 aromatic rings. The summed E-state index contributed by atoms with van der Waals surface area (Å²) < 4.78 is 0.967. The summed E-state index contributed by atoms with van der Waals surface area (Å²) in [5.41, 5.74) is 3.39. The second kappa shape index (κ2) is 6.17. The predicted molar refractivity (Wildman–Crippen MR) is 103 cm³/mol. The Labute approximate surface area is 156 Å². The molecule has 3 nitrogen and oxygen atoms in total. The number of phenolic OH excluding ortho intramolecular Hbond substituents is 1. The molecule has 0 radical (unpaired) electrons. The van der Waals surface area contributed by atoms with Gasteiger partial charge in [0, 0.05) is 4.47 Å². The van der Waals surface area contributed by atoms with Crippen LogP contribution in [0.4, 0.5) is 5.69 Å². The number of halogens is 1. The highest BCUT2D eigenvalue weighted by Crippen LogP contribution is 2.54. The average Bonchev–Trinajstić information content (AvgIpc) is 2.93. The van der Waals surface area contributed by atoms with E-state index >= 15 is 0 Å². The lowest BCUT2D eigenvalue weighted by molar-refractivity contribution is -0.121. The first kappa shape index (κ1) is 16.6. The molecule has 2 N–H and O–H groups in total. The van der Waals surface area contributed by atoms with Crippen LogP contribution >= 0.6 is 15.9 Å². The molecule has 1 aliphatic heterocycles. The molecular weight excluding hydrogens is 378 g/mol. The first-order chi connectivity index (χ1) is 12.0. The van der Waals surface area contributed by atoms with Gasteiger partial charge in [0.1, 0.15) is 11.2 Å². The summed E-state index contributed by atoms with van der Waals surface area (Å²) in [5, 5.41) is 12.9. The van der Waals surface area contributed by atoms with Crippen molar-refractivity contribution < 1.29 is 9.90 Å². The summed E-state index contributed by atoms with van der Waals surface area (Å²) in [5.74, 6) is 0.569. The van der Waals surface area contributed by atoms with Crippen LogP contribution in [0.1, 0.15) is 48.8 Å². The number of rotatable bonds is 2. The lowest BCUT2D eigenvalue weighted by atomic mass is 9.62. The molecule has 2 aliphatic rings. The Morgan fingerprint density at radius 1 is 1.08 bits per heavy atom. The quantitative estimate of drug-likeness (QED) is 0.721. The Bertz CT molecular complexity index is 825. The number of aromatic hydroxyl groups is 1. The van der Waals surface area contributed by atoms with Gasteiger partial charge in [0.2, 0.25) is 5.91 Å². The normalized spacial score (nSPS) is 23.4. The number of fused-ring (bicyclic) bond motifs is 1. The smallest absolute Gasteiger partial charge is 0.239 e. The van der Waals surface area contributed by atoms with E-state index < -0.39 is 5.41 Å². The number of aryl methyl sites for hydroxylation is 1. The van der Waals surface area contributed by atoms with Crippen molar-refractivity contribution in [1.29, 1.82) is 0 Å². The van der Waals surface area contributed by atoms with Crippen molar-refractivity contribution in [3.63, 3.8) is 0 Å². The van der Waals surface area contributed by atoms with Gasteiger partial charge >= 0.3 is 0 Å². The molecule has 1 amide bonds. The van der Waals surface area contributed by atoms with E-state index in [1.807, 2.05) is 19.1 Å². The number of nitrogens with one attached hydrogen (secondary N) is 1. The maximum atomic E-state index is 13.4. The van der Waals surface area contributed by atoms with Crippen LogP contribution in [0.3, 0.4) is 0 Å². The number of hydrogen-bond acceptors (Lipinski definition) is 2. The van der Waals surface area contributed by atoms with E-state index in [1.54, 1.807) is 12.1 Å². The second-order valence-electron chi connectivity index (χ2n) is 7.26. The number of hydrogen-bond donors (Lipinski definition) is 2. The zero-order valence-electron chi connectivity index (χ0n) is 14.3. The van der Waals surface area contributed by atoms with Crippen LogP contribution in [0.25, 0.3) is 0 Å². The zero-order valence-corrected chi connectivity index (χ0v) is 15.9. The summed E-state index contributed by atoms with van der Waals surface area (Å²) in [6.07, 6.45) is 5.69. The molecule has 0 spiro atoms. The van der Waals surface area contributed by atoms with Gasteiger partial charge in [-0.15, -0.1) is 0 Å². The molecule has 1 aliphatic carbocycles. The fourth-order valence-electron chi connectivity index (χ4n) is 4.65. The minimum absolute atomic E-state index is 0.0615. The zero-order chi connectivity index (χ0) is 17.6. The van der Waals surface area contributed by atoms with E-state index in [-0.39, 0.29) is 17.6 Å². The molecule has 25 heavy (non-hydrogen) atoms. The Morgan fingerprint density at radius 3 is 2.44 bits per heavy atom. The van der Waals surface area contributed by atoms with Crippen LogP contribution in [-0.4, -0.2) is 11.0 Å². The van der Waals surface area contributed by atoms with E-state index in [4.69, 9.17) is 0 Å². The van der Waals surface area contributed by atoms with Gasteiger partial charge in [-0.05, 0) is 70.4 Å². The van der Waals surface area contributed by atoms with Crippen molar-refractivity contribution in [2.24, 2.45) is 5.92 Å². The Hall–Kier alpha value is -1.81. The van der Waals surface area contributed by atoms with Crippen LogP contribution in [0, 0.1) is 12.8 Å². The van der Waals surface area contributed by atoms with Gasteiger partial charge in [-0.1, -0.05) is 43.5 Å². The van der Waals surface area contributed by atoms with E-state index in [2.05, 4.69) is 33.4 Å². The molecular formula is C21H22BrNO2. The Kier molecular flexibility index (Phi) is 4.11. The molecule has 1 fully saturated rings. The molecule has 0 saturated heterocycles. The molecule has 1 atom stereocenters. The lowest BCUT2D eigenvalue weighted by Crippen LogP contribution is -2.43. The van der Waals surface area contributed by atoms with Crippen molar-refractivity contribution in [2.45, 2.75) is 44.4 Å². The summed E-state index contributed by atoms with van der Waals surface area (Å²) in [6, 6.07) is 11.4. The van der Waals surface area contributed by atoms with Crippen molar-refractivity contribution in [1.82, 2.24) is 0 Å². The van der Waals surface area contributed by atoms with Gasteiger partial charge in [0.25, 0.3) is 0 Å². The molecule has 0 bridgehead atoms. The number of benzene rings is 2. The van der Waals surface area contributed by atoms with Gasteiger partial charge in [0.15, 0.2) is 0 Å². The van der Waals surface area contributed by atoms with Crippen LogP contribution in [0.15, 0.2) is 40.9 Å². The van der Waals surface area contributed by atoms with Crippen LogP contribution in [0.5, 0.6) is 5.75 Å². The molecule has 0 aromatic heterocycles. The van der Waals surface area contributed by atoms with Crippen molar-refractivity contribution in [2.75, 3.05) is 5.32 Å². The summed E-state index contributed by atoms with van der Waals surface area (Å²) in [6.45, 7) is 2.04. The minimum atomic E-state index is -0.667. The number of anilines is 1. The maximum absolute atomic E-state index is 13.4. The van der Waals surface area contributed by atoms with Crippen molar-refractivity contribution >= 4 is 27.5 Å². The van der Waals surface area contributed by atoms with Gasteiger partial charge in [-0.3, -0.25) is 4.79 Å². The predicted octanol–water partition coefficient (Wildman–Crippen LogP) is 5.28. The standard InChI is InChI=1S/C21H22BrNO2/c1-13-7-12-17-19(18(13)22)23-20(25)21(17,14-5-3-2-4-6-14)15-8-10-16(24)11-9-15/h7-12,14,24H,2-6H2,1H3,(H,23,25). The van der Waals surface area contributed by atoms with E-state index in [9.17, 15) is 9.90 Å². The van der Waals surface area contributed by atoms with E-state index in [1.165, 1.54) is 19.3 Å². The van der Waals surface area contributed by atoms with Crippen molar-refractivity contribution in [3.05, 3.63) is 57.6 Å². The van der Waals surface area contributed by atoms with Crippen LogP contribution in [-0.2, 0) is 10.2 Å². The van der Waals surface area contributed by atoms with E-state index in [0.29, 0.717) is 0 Å². The minimum Gasteiger partial charge on any atom is -0.508 e. The fourth-order valence-corrected chi connectivity index (χ4v) is 5.10. The number of amides is 1. The maximum Gasteiger partial charge on any atom is 0.239 e. The largest absolute Gasteiger partial charge is 0.508 e. The van der Waals surface area contributed by atoms with Gasteiger partial charge in [-0.2, -0.15) is 0 Å². The van der Waals surface area contributed by atoms with Crippen molar-refractivity contribution in [3.8, 4) is 5.75 Å². The monoisotopic (exact) mass is 399 g/mol. The van der Waals surface area contributed by atoms with Crippen LogP contribution in [0.2, 0.25) is 0 Å². The van der Waals surface area contributed by atoms with Gasteiger partial charge < -0.3 is 10.4 Å². The molecule has 1 heterocycles. The highest BCUT2D eigenvalue weighted by atomic mass is 79.9. The molecule has 4 heteroatoms. The second-order valence-corrected chi connectivity index (χ2v) is 8.06. The lowest BCUT2D eigenvalue weighted by Gasteiger charge is -2.39. The molecule has 1 unspecified atom stereocenters. The third-order valence-electron chi connectivity index (χ3n) is 5.90. The summed E-state index contributed by atoms with van der Waals surface area (Å²) >= 11 is 3.66. The number of phenols is 1. The van der Waals surface area contributed by atoms with Gasteiger partial charge in [-0.25, -0.2) is 0 Å². The number of carbonyl (C=O) groups excluding carboxylic acids is 1. The number of carbonyl (C=O) groups is 1. The Balaban J connectivity index is 1.98. The Morgan fingerprint density at radius 2 is 1.76 bits per heavy atom. The van der Waals surface area contributed by atoms with Gasteiger partial charge in [0.05, 0.1) is 5.69 Å². The molecule has 1 saturated carbocycles.